The summed E-state index contributed by atoms with van der Waals surface area (Å²) in [5.74, 6) is 0. The van der Waals surface area contributed by atoms with Gasteiger partial charge in [-0.1, -0.05) is 32.6 Å². The lowest BCUT2D eigenvalue weighted by molar-refractivity contribution is -0.893. The molecule has 3 nitrogen and oxygen atoms in total. The third-order valence-corrected chi connectivity index (χ3v) is 3.03. The quantitative estimate of drug-likeness (QED) is 0.385. The van der Waals surface area contributed by atoms with E-state index in [2.05, 4.69) is 21.0 Å². The van der Waals surface area contributed by atoms with Crippen LogP contribution in [0.2, 0.25) is 0 Å². The summed E-state index contributed by atoms with van der Waals surface area (Å²) in [6, 6.07) is 0. The van der Waals surface area contributed by atoms with Gasteiger partial charge < -0.3 is 27.1 Å². The first kappa shape index (κ1) is 19.5. The maximum absolute atomic E-state index is 9.40. The largest absolute Gasteiger partial charge is 1.00 e. The van der Waals surface area contributed by atoms with Crippen LogP contribution >= 0.6 is 0 Å². The van der Waals surface area contributed by atoms with E-state index in [4.69, 9.17) is 5.11 Å². The second kappa shape index (κ2) is 11.3. The molecule has 2 N–H and O–H groups in total. The molecule has 0 aromatic rings. The van der Waals surface area contributed by atoms with E-state index < -0.39 is 6.10 Å². The van der Waals surface area contributed by atoms with Gasteiger partial charge in [-0.25, -0.2) is 0 Å². The van der Waals surface area contributed by atoms with E-state index >= 15 is 0 Å². The van der Waals surface area contributed by atoms with Gasteiger partial charge >= 0.3 is 0 Å². The summed E-state index contributed by atoms with van der Waals surface area (Å²) in [7, 11) is 4.23. The Morgan fingerprint density at radius 1 is 1.00 bits per heavy atom. The summed E-state index contributed by atoms with van der Waals surface area (Å²) in [5, 5.41) is 18.2. The molecule has 0 aromatic heterocycles. The van der Waals surface area contributed by atoms with Crippen LogP contribution in [0.3, 0.4) is 0 Å². The van der Waals surface area contributed by atoms with Gasteiger partial charge in [-0.15, -0.1) is 0 Å². The zero-order valence-electron chi connectivity index (χ0n) is 11.7. The number of aliphatic hydroxyl groups excluding tert-OH is 2. The molecule has 0 heterocycles. The topological polar surface area (TPSA) is 40.5 Å². The molecule has 0 aliphatic carbocycles. The zero-order chi connectivity index (χ0) is 12.4. The molecule has 0 aliphatic rings. The predicted octanol–water partition coefficient (Wildman–Crippen LogP) is -1.22. The van der Waals surface area contributed by atoms with E-state index in [1.54, 1.807) is 0 Å². The number of likely N-dealkylation sites (N-methyl/N-ethyl adjacent to an activating group) is 1. The molecule has 0 fully saturated rings. The van der Waals surface area contributed by atoms with E-state index in [1.165, 1.54) is 38.5 Å². The molecule has 0 aromatic carbocycles. The van der Waals surface area contributed by atoms with E-state index in [9.17, 15) is 5.11 Å². The van der Waals surface area contributed by atoms with Crippen molar-refractivity contribution in [2.24, 2.45) is 0 Å². The smallest absolute Gasteiger partial charge is 0.126 e. The van der Waals surface area contributed by atoms with Crippen LogP contribution < -0.4 is 12.4 Å². The lowest BCUT2D eigenvalue weighted by Gasteiger charge is -2.31. The fraction of sp³-hybridized carbons (Fsp3) is 1.00. The number of aliphatic hydroxyl groups is 2. The highest BCUT2D eigenvalue weighted by atomic mass is 35.5. The molecule has 17 heavy (non-hydrogen) atoms. The van der Waals surface area contributed by atoms with Gasteiger partial charge in [0.1, 0.15) is 12.6 Å². The zero-order valence-corrected chi connectivity index (χ0v) is 12.4. The minimum Gasteiger partial charge on any atom is -1.00 e. The summed E-state index contributed by atoms with van der Waals surface area (Å²) in [5.41, 5.74) is 0. The van der Waals surface area contributed by atoms with Crippen molar-refractivity contribution < 1.29 is 27.1 Å². The Morgan fingerprint density at radius 3 is 2.06 bits per heavy atom. The molecule has 0 saturated heterocycles. The molecule has 0 bridgehead atoms. The number of quaternary nitrogens is 1. The molecule has 0 aliphatic heterocycles. The third kappa shape index (κ3) is 12.4. The Hall–Kier alpha value is 0.170. The summed E-state index contributed by atoms with van der Waals surface area (Å²) < 4.78 is 0.801. The second-order valence-corrected chi connectivity index (χ2v) is 5.45. The molecule has 0 spiro atoms. The lowest BCUT2D eigenvalue weighted by Crippen LogP contribution is -3.00. The number of rotatable bonds is 10. The van der Waals surface area contributed by atoms with E-state index in [0.717, 1.165) is 11.0 Å². The minimum absolute atomic E-state index is 0. The van der Waals surface area contributed by atoms with Crippen LogP contribution in [0, 0.1) is 0 Å². The van der Waals surface area contributed by atoms with Gasteiger partial charge in [0, 0.05) is 0 Å². The van der Waals surface area contributed by atoms with Crippen LogP contribution in [-0.2, 0) is 0 Å². The Labute approximate surface area is 113 Å². The molecule has 0 radical (unpaired) electrons. The van der Waals surface area contributed by atoms with Crippen molar-refractivity contribution in [3.05, 3.63) is 0 Å². The Morgan fingerprint density at radius 2 is 1.53 bits per heavy atom. The van der Waals surface area contributed by atoms with Crippen LogP contribution in [0.1, 0.15) is 45.4 Å². The number of hydrogen-bond acceptors (Lipinski definition) is 2. The highest BCUT2D eigenvalue weighted by molar-refractivity contribution is 4.51. The Kier molecular flexibility index (Phi) is 12.9. The molecule has 1 atom stereocenters. The molecule has 0 saturated carbocycles. The first-order valence-corrected chi connectivity index (χ1v) is 6.62. The SMILES string of the molecule is CCCCCCCC[N+](C)(C)CC(O)CO.[Cl-]. The lowest BCUT2D eigenvalue weighted by atomic mass is 10.1. The molecule has 0 rings (SSSR count). The van der Waals surface area contributed by atoms with Crippen LogP contribution in [0.4, 0.5) is 0 Å². The number of unbranched alkanes of at least 4 members (excludes halogenated alkanes) is 5. The molecule has 4 heteroatoms. The molecular formula is C13H30ClNO2. The fourth-order valence-electron chi connectivity index (χ4n) is 2.04. The molecule has 106 valence electrons. The predicted molar refractivity (Wildman–Crippen MR) is 68.3 cm³/mol. The van der Waals surface area contributed by atoms with E-state index in [-0.39, 0.29) is 19.0 Å². The molecule has 1 unspecified atom stereocenters. The number of halogens is 1. The molecular weight excluding hydrogens is 238 g/mol. The van der Waals surface area contributed by atoms with Crippen molar-refractivity contribution >= 4 is 0 Å². The normalized spacial score (nSPS) is 13.2. The maximum Gasteiger partial charge on any atom is 0.126 e. The summed E-state index contributed by atoms with van der Waals surface area (Å²) in [6.07, 6.45) is 7.26. The van der Waals surface area contributed by atoms with Crippen molar-refractivity contribution in [1.29, 1.82) is 0 Å². The summed E-state index contributed by atoms with van der Waals surface area (Å²) in [4.78, 5) is 0. The fourth-order valence-corrected chi connectivity index (χ4v) is 2.04. The number of nitrogens with zero attached hydrogens (tertiary/aromatic N) is 1. The van der Waals surface area contributed by atoms with Crippen molar-refractivity contribution in [3.8, 4) is 0 Å². The van der Waals surface area contributed by atoms with Crippen LogP contribution in [0.5, 0.6) is 0 Å². The van der Waals surface area contributed by atoms with Gasteiger partial charge in [-0.05, 0) is 12.8 Å². The van der Waals surface area contributed by atoms with Gasteiger partial charge in [0.05, 0.1) is 27.2 Å². The third-order valence-electron chi connectivity index (χ3n) is 3.03. The van der Waals surface area contributed by atoms with Crippen LogP contribution in [0.25, 0.3) is 0 Å². The highest BCUT2D eigenvalue weighted by Crippen LogP contribution is 2.08. The van der Waals surface area contributed by atoms with Gasteiger partial charge in [-0.3, -0.25) is 0 Å². The van der Waals surface area contributed by atoms with Crippen molar-refractivity contribution in [1.82, 2.24) is 0 Å². The second-order valence-electron chi connectivity index (χ2n) is 5.45. The van der Waals surface area contributed by atoms with E-state index in [0.29, 0.717) is 6.54 Å². The average molecular weight is 268 g/mol. The average Bonchev–Trinajstić information content (AvgIpc) is 2.22. The van der Waals surface area contributed by atoms with Crippen molar-refractivity contribution in [3.63, 3.8) is 0 Å². The van der Waals surface area contributed by atoms with Crippen LogP contribution in [-0.4, -0.2) is 54.6 Å². The maximum atomic E-state index is 9.40. The standard InChI is InChI=1S/C13H30NO2.ClH/c1-4-5-6-7-8-9-10-14(2,3)11-13(16)12-15;/h13,15-16H,4-12H2,1-3H3;1H/q+1;/p-1. The van der Waals surface area contributed by atoms with Crippen LogP contribution in [0.15, 0.2) is 0 Å². The van der Waals surface area contributed by atoms with Gasteiger partial charge in [0.15, 0.2) is 0 Å². The monoisotopic (exact) mass is 267 g/mol. The van der Waals surface area contributed by atoms with Gasteiger partial charge in [0.2, 0.25) is 0 Å². The number of hydrogen-bond donors (Lipinski definition) is 2. The molecule has 0 amide bonds. The van der Waals surface area contributed by atoms with Crippen molar-refractivity contribution in [2.75, 3.05) is 33.8 Å². The summed E-state index contributed by atoms with van der Waals surface area (Å²) >= 11 is 0. The van der Waals surface area contributed by atoms with Crippen molar-refractivity contribution in [2.45, 2.75) is 51.6 Å². The first-order valence-electron chi connectivity index (χ1n) is 6.62. The van der Waals surface area contributed by atoms with E-state index in [1.807, 2.05) is 0 Å². The Bertz CT molecular complexity index is 165. The first-order chi connectivity index (χ1) is 7.52. The highest BCUT2D eigenvalue weighted by Gasteiger charge is 2.19. The Balaban J connectivity index is 0. The van der Waals surface area contributed by atoms with Gasteiger partial charge in [0.25, 0.3) is 0 Å². The summed E-state index contributed by atoms with van der Waals surface area (Å²) in [6.45, 7) is 3.84. The minimum atomic E-state index is -0.574. The van der Waals surface area contributed by atoms with Gasteiger partial charge in [-0.2, -0.15) is 0 Å².